The number of nitrogens with zero attached hydrogens (tertiary/aromatic N) is 1. The SMILES string of the molecule is C=CCOC(=O)O[C@H]1[C@@H]2OC(=O)N(C(C)=O)[C@H]2[C@H](OCc2ccccc2)O[C@@H]1CO[Si](c1ccccc1)(c1ccccc1)C(C)(C)C. The smallest absolute Gasteiger partial charge is 0.439 e. The van der Waals surface area contributed by atoms with Crippen LogP contribution >= 0.6 is 0 Å². The van der Waals surface area contributed by atoms with Crippen molar-refractivity contribution < 1.29 is 42.5 Å². The van der Waals surface area contributed by atoms with E-state index in [9.17, 15) is 14.4 Å². The lowest BCUT2D eigenvalue weighted by Crippen LogP contribution is -2.68. The second kappa shape index (κ2) is 14.6. The molecule has 3 aromatic rings. The molecule has 0 aliphatic carbocycles. The molecule has 5 rings (SSSR count). The number of hydrogen-bond acceptors (Lipinski definition) is 9. The third-order valence-corrected chi connectivity index (χ3v) is 13.4. The highest BCUT2D eigenvalue weighted by Crippen LogP contribution is 2.39. The predicted molar refractivity (Wildman–Crippen MR) is 176 cm³/mol. The Morgan fingerprint density at radius 2 is 1.51 bits per heavy atom. The van der Waals surface area contributed by atoms with Crippen LogP contribution in [0.3, 0.4) is 0 Å². The molecule has 0 aromatic heterocycles. The fraction of sp³-hybridized carbons (Fsp3) is 0.361. The van der Waals surface area contributed by atoms with E-state index in [-0.39, 0.29) is 24.9 Å². The Morgan fingerprint density at radius 1 is 0.936 bits per heavy atom. The van der Waals surface area contributed by atoms with E-state index in [1.165, 1.54) is 13.0 Å². The van der Waals surface area contributed by atoms with Gasteiger partial charge < -0.3 is 28.1 Å². The highest BCUT2D eigenvalue weighted by Gasteiger charge is 2.60. The maximum Gasteiger partial charge on any atom is 0.509 e. The highest BCUT2D eigenvalue weighted by atomic mass is 28.4. The number of hydrogen-bond donors (Lipinski definition) is 0. The summed E-state index contributed by atoms with van der Waals surface area (Å²) in [4.78, 5) is 39.6. The van der Waals surface area contributed by atoms with Crippen LogP contribution in [0, 0.1) is 0 Å². The van der Waals surface area contributed by atoms with Crippen molar-refractivity contribution >= 4 is 36.8 Å². The van der Waals surface area contributed by atoms with Crippen molar-refractivity contribution in [3.8, 4) is 0 Å². The van der Waals surface area contributed by atoms with E-state index >= 15 is 0 Å². The average molecular weight is 660 g/mol. The van der Waals surface area contributed by atoms with Crippen molar-refractivity contribution in [3.63, 3.8) is 0 Å². The van der Waals surface area contributed by atoms with Crippen LogP contribution in [-0.4, -0.2) is 75.2 Å². The van der Waals surface area contributed by atoms with Gasteiger partial charge in [0, 0.05) is 6.92 Å². The maximum atomic E-state index is 13.1. The Hall–Kier alpha value is -4.29. The minimum Gasteiger partial charge on any atom is -0.439 e. The Kier molecular flexibility index (Phi) is 10.6. The van der Waals surface area contributed by atoms with Gasteiger partial charge in [0.2, 0.25) is 5.91 Å². The minimum absolute atomic E-state index is 0.0568. The summed E-state index contributed by atoms with van der Waals surface area (Å²) in [6.07, 6.45) is -4.89. The molecule has 0 radical (unpaired) electrons. The Bertz CT molecular complexity index is 1490. The molecule has 2 saturated heterocycles. The maximum absolute atomic E-state index is 13.1. The molecule has 0 saturated carbocycles. The first kappa shape index (κ1) is 34.1. The molecule has 0 N–H and O–H groups in total. The van der Waals surface area contributed by atoms with Crippen molar-refractivity contribution in [3.05, 3.63) is 109 Å². The summed E-state index contributed by atoms with van der Waals surface area (Å²) in [7, 11) is -3.07. The van der Waals surface area contributed by atoms with E-state index in [0.29, 0.717) is 0 Å². The predicted octanol–water partition coefficient (Wildman–Crippen LogP) is 4.95. The van der Waals surface area contributed by atoms with Crippen LogP contribution < -0.4 is 10.4 Å². The van der Waals surface area contributed by atoms with Crippen molar-refractivity contribution in [2.24, 2.45) is 0 Å². The first-order valence-corrected chi connectivity index (χ1v) is 17.5. The number of imide groups is 1. The van der Waals surface area contributed by atoms with Crippen molar-refractivity contribution in [1.29, 1.82) is 0 Å². The topological polar surface area (TPSA) is 110 Å². The standard InChI is InChI=1S/C36H41NO9Si/c1-6-22-41-35(40)46-31-29(24-43-47(36(3,4)5,27-18-12-8-13-19-27)28-20-14-9-15-21-28)44-33(42-23-26-16-10-7-11-17-26)30-32(31)45-34(39)37(30)25(2)38/h6-21,29-33H,1,22-24H2,2-5H3/t29-,30-,31-,32-,33-/m1/s1. The molecule has 248 valence electrons. The lowest BCUT2D eigenvalue weighted by molar-refractivity contribution is -0.270. The number of amides is 2. The third-order valence-electron chi connectivity index (χ3n) is 8.37. The fourth-order valence-corrected chi connectivity index (χ4v) is 10.9. The molecule has 47 heavy (non-hydrogen) atoms. The summed E-state index contributed by atoms with van der Waals surface area (Å²) in [5.41, 5.74) is 0.860. The summed E-state index contributed by atoms with van der Waals surface area (Å²) in [6.45, 7) is 11.2. The third kappa shape index (κ3) is 7.18. The van der Waals surface area contributed by atoms with Gasteiger partial charge in [-0.3, -0.25) is 4.79 Å². The van der Waals surface area contributed by atoms with Gasteiger partial charge in [-0.15, -0.1) is 0 Å². The quantitative estimate of drug-likeness (QED) is 0.161. The fourth-order valence-electron chi connectivity index (χ4n) is 6.34. The molecule has 11 heteroatoms. The first-order chi connectivity index (χ1) is 22.6. The molecule has 10 nitrogen and oxygen atoms in total. The van der Waals surface area contributed by atoms with Crippen LogP contribution in [0.25, 0.3) is 0 Å². The van der Waals surface area contributed by atoms with E-state index in [0.717, 1.165) is 20.8 Å². The van der Waals surface area contributed by atoms with Crippen molar-refractivity contribution in [1.82, 2.24) is 4.90 Å². The zero-order chi connectivity index (χ0) is 33.6. The lowest BCUT2D eigenvalue weighted by atomic mass is 9.96. The molecule has 0 bridgehead atoms. The molecule has 2 heterocycles. The van der Waals surface area contributed by atoms with Gasteiger partial charge in [0.25, 0.3) is 8.32 Å². The monoisotopic (exact) mass is 659 g/mol. The van der Waals surface area contributed by atoms with Crippen LogP contribution in [0.2, 0.25) is 5.04 Å². The van der Waals surface area contributed by atoms with Gasteiger partial charge in [0.05, 0.1) is 13.2 Å². The molecule has 0 spiro atoms. The molecule has 2 aliphatic heterocycles. The van der Waals surface area contributed by atoms with E-state index in [1.54, 1.807) is 0 Å². The van der Waals surface area contributed by atoms with Crippen LogP contribution in [-0.2, 0) is 39.5 Å². The van der Waals surface area contributed by atoms with Crippen LogP contribution in [0.4, 0.5) is 9.59 Å². The summed E-state index contributed by atoms with van der Waals surface area (Å²) < 4.78 is 36.6. The molecule has 5 atom stereocenters. The second-order valence-electron chi connectivity index (χ2n) is 12.5. The number of carbonyl (C=O) groups is 3. The normalized spacial score (nSPS) is 22.6. The van der Waals surface area contributed by atoms with Gasteiger partial charge in [0.1, 0.15) is 18.8 Å². The Morgan fingerprint density at radius 3 is 2.04 bits per heavy atom. The van der Waals surface area contributed by atoms with E-state index < -0.39 is 57.1 Å². The molecule has 2 aliphatic rings. The van der Waals surface area contributed by atoms with Gasteiger partial charge in [-0.25, -0.2) is 14.5 Å². The van der Waals surface area contributed by atoms with Gasteiger partial charge in [-0.1, -0.05) is 124 Å². The van der Waals surface area contributed by atoms with E-state index in [2.05, 4.69) is 51.6 Å². The van der Waals surface area contributed by atoms with Gasteiger partial charge in [-0.05, 0) is 21.0 Å². The molecule has 2 amide bonds. The molecule has 0 unspecified atom stereocenters. The summed E-state index contributed by atoms with van der Waals surface area (Å²) in [5, 5.41) is 1.73. The largest absolute Gasteiger partial charge is 0.509 e. The lowest BCUT2D eigenvalue weighted by Gasteiger charge is -2.46. The number of carbonyl (C=O) groups excluding carboxylic acids is 3. The van der Waals surface area contributed by atoms with Crippen molar-refractivity contribution in [2.45, 2.75) is 70.0 Å². The molecular formula is C36H41NO9Si. The first-order valence-electron chi connectivity index (χ1n) is 15.6. The molecular weight excluding hydrogens is 618 g/mol. The van der Waals surface area contributed by atoms with Gasteiger partial charge in [-0.2, -0.15) is 0 Å². The number of benzene rings is 3. The zero-order valence-electron chi connectivity index (χ0n) is 27.1. The highest BCUT2D eigenvalue weighted by molar-refractivity contribution is 6.99. The van der Waals surface area contributed by atoms with E-state index in [4.69, 9.17) is 28.1 Å². The zero-order valence-corrected chi connectivity index (χ0v) is 28.1. The number of fused-ring (bicyclic) bond motifs is 1. The molecule has 3 aromatic carbocycles. The van der Waals surface area contributed by atoms with Crippen molar-refractivity contribution in [2.75, 3.05) is 13.2 Å². The number of ether oxygens (including phenoxy) is 5. The van der Waals surface area contributed by atoms with Crippen LogP contribution in [0.5, 0.6) is 0 Å². The summed E-state index contributed by atoms with van der Waals surface area (Å²) in [5.74, 6) is -0.561. The number of rotatable bonds is 11. The van der Waals surface area contributed by atoms with Crippen LogP contribution in [0.15, 0.2) is 104 Å². The Labute approximate surface area is 276 Å². The average Bonchev–Trinajstić information content (AvgIpc) is 3.42. The second-order valence-corrected chi connectivity index (χ2v) is 16.8. The van der Waals surface area contributed by atoms with Crippen LogP contribution in [0.1, 0.15) is 33.3 Å². The van der Waals surface area contributed by atoms with Gasteiger partial charge in [0.15, 0.2) is 18.5 Å². The molecule has 2 fully saturated rings. The van der Waals surface area contributed by atoms with Gasteiger partial charge >= 0.3 is 12.2 Å². The Balaban J connectivity index is 1.55. The minimum atomic E-state index is -3.07. The van der Waals surface area contributed by atoms with E-state index in [1.807, 2.05) is 66.7 Å². The summed E-state index contributed by atoms with van der Waals surface area (Å²) in [6, 6.07) is 28.5. The summed E-state index contributed by atoms with van der Waals surface area (Å²) >= 11 is 0.